The van der Waals surface area contributed by atoms with Crippen LogP contribution in [0, 0.1) is 11.3 Å². The zero-order chi connectivity index (χ0) is 17.5. The third-order valence-electron chi connectivity index (χ3n) is 4.70. The predicted molar refractivity (Wildman–Crippen MR) is 98.9 cm³/mol. The molecule has 0 radical (unpaired) electrons. The van der Waals surface area contributed by atoms with E-state index in [1.54, 1.807) is 18.3 Å². The molecular weight excluding hydrogens is 310 g/mol. The Morgan fingerprint density at radius 1 is 1.28 bits per heavy atom. The van der Waals surface area contributed by atoms with E-state index in [0.717, 1.165) is 31.0 Å². The summed E-state index contributed by atoms with van der Waals surface area (Å²) in [4.78, 5) is 6.70. The first-order chi connectivity index (χ1) is 12.3. The van der Waals surface area contributed by atoms with Crippen molar-refractivity contribution < 1.29 is 4.74 Å². The van der Waals surface area contributed by atoms with Crippen molar-refractivity contribution >= 4 is 0 Å². The number of rotatable bonds is 7. The molecule has 3 rings (SSSR count). The van der Waals surface area contributed by atoms with Crippen LogP contribution in [0.5, 0.6) is 0 Å². The van der Waals surface area contributed by atoms with Crippen LogP contribution in [-0.2, 0) is 11.3 Å². The van der Waals surface area contributed by atoms with Gasteiger partial charge in [-0.1, -0.05) is 24.3 Å². The van der Waals surface area contributed by atoms with Gasteiger partial charge in [-0.05, 0) is 57.0 Å². The van der Waals surface area contributed by atoms with Crippen molar-refractivity contribution in [1.82, 2.24) is 9.88 Å². The third kappa shape index (κ3) is 4.88. The summed E-state index contributed by atoms with van der Waals surface area (Å²) in [6.45, 7) is 2.95. The maximum Gasteiger partial charge on any atom is 0.101 e. The fraction of sp³-hybridized carbons (Fsp3) is 0.429. The van der Waals surface area contributed by atoms with E-state index in [4.69, 9.17) is 4.74 Å². The van der Waals surface area contributed by atoms with Crippen molar-refractivity contribution in [3.63, 3.8) is 0 Å². The van der Waals surface area contributed by atoms with Crippen LogP contribution in [0.3, 0.4) is 0 Å². The normalized spacial score (nSPS) is 16.9. The van der Waals surface area contributed by atoms with Gasteiger partial charge in [0.1, 0.15) is 6.07 Å². The van der Waals surface area contributed by atoms with Crippen molar-refractivity contribution in [2.24, 2.45) is 0 Å². The zero-order valence-electron chi connectivity index (χ0n) is 14.8. The van der Waals surface area contributed by atoms with Crippen LogP contribution < -0.4 is 0 Å². The molecule has 1 aliphatic rings. The summed E-state index contributed by atoms with van der Waals surface area (Å²) in [6, 6.07) is 14.2. The van der Waals surface area contributed by atoms with Crippen molar-refractivity contribution in [2.75, 3.05) is 20.2 Å². The summed E-state index contributed by atoms with van der Waals surface area (Å²) < 4.78 is 5.68. The molecule has 1 aromatic carbocycles. The average molecular weight is 335 g/mol. The Labute approximate surface area is 150 Å². The molecule has 0 amide bonds. The summed E-state index contributed by atoms with van der Waals surface area (Å²) in [5.41, 5.74) is 3.63. The van der Waals surface area contributed by atoms with Crippen molar-refractivity contribution in [2.45, 2.75) is 38.3 Å². The van der Waals surface area contributed by atoms with Gasteiger partial charge >= 0.3 is 0 Å². The highest BCUT2D eigenvalue weighted by molar-refractivity contribution is 5.66. The van der Waals surface area contributed by atoms with Crippen LogP contribution in [0.2, 0.25) is 0 Å². The molecule has 1 unspecified atom stereocenters. The van der Waals surface area contributed by atoms with E-state index in [-0.39, 0.29) is 0 Å². The Bertz CT molecular complexity index is 715. The van der Waals surface area contributed by atoms with Gasteiger partial charge in [0.05, 0.1) is 17.4 Å². The molecule has 1 atom stereocenters. The minimum atomic E-state index is 0.486. The molecule has 0 aliphatic carbocycles. The summed E-state index contributed by atoms with van der Waals surface area (Å²) in [5.74, 6) is 0. The van der Waals surface area contributed by atoms with E-state index in [9.17, 15) is 5.26 Å². The summed E-state index contributed by atoms with van der Waals surface area (Å²) in [6.07, 6.45) is 7.00. The van der Waals surface area contributed by atoms with E-state index in [1.807, 2.05) is 0 Å². The van der Waals surface area contributed by atoms with Gasteiger partial charge in [0.25, 0.3) is 0 Å². The van der Waals surface area contributed by atoms with E-state index in [1.165, 1.54) is 31.2 Å². The molecule has 1 aromatic heterocycles. The lowest BCUT2D eigenvalue weighted by atomic mass is 10.0. The van der Waals surface area contributed by atoms with Crippen LogP contribution in [0.1, 0.15) is 36.8 Å². The highest BCUT2D eigenvalue weighted by atomic mass is 16.5. The second-order valence-electron chi connectivity index (χ2n) is 6.72. The predicted octanol–water partition coefficient (Wildman–Crippen LogP) is 4.01. The molecule has 0 bridgehead atoms. The molecular formula is C21H25N3O. The molecule has 0 N–H and O–H groups in total. The first-order valence-electron chi connectivity index (χ1n) is 9.01. The Kier molecular flexibility index (Phi) is 6.16. The quantitative estimate of drug-likeness (QED) is 0.767. The highest BCUT2D eigenvalue weighted by Crippen LogP contribution is 2.21. The maximum absolute atomic E-state index is 9.21. The third-order valence-corrected chi connectivity index (χ3v) is 4.70. The van der Waals surface area contributed by atoms with Crippen LogP contribution >= 0.6 is 0 Å². The number of nitriles is 1. The fourth-order valence-corrected chi connectivity index (χ4v) is 3.35. The lowest BCUT2D eigenvalue weighted by Crippen LogP contribution is -2.20. The summed E-state index contributed by atoms with van der Waals surface area (Å²) in [7, 11) is 2.16. The van der Waals surface area contributed by atoms with Gasteiger partial charge in [-0.3, -0.25) is 4.98 Å². The van der Waals surface area contributed by atoms with Gasteiger partial charge in [-0.25, -0.2) is 0 Å². The lowest BCUT2D eigenvalue weighted by molar-refractivity contribution is 0.0995. The first-order valence-corrected chi connectivity index (χ1v) is 9.01. The smallest absolute Gasteiger partial charge is 0.101 e. The number of aromatic nitrogens is 1. The van der Waals surface area contributed by atoms with Gasteiger partial charge in [0, 0.05) is 24.9 Å². The Hall–Kier alpha value is -2.22. The molecule has 0 saturated carbocycles. The highest BCUT2D eigenvalue weighted by Gasteiger charge is 2.15. The van der Waals surface area contributed by atoms with E-state index in [0.29, 0.717) is 11.7 Å². The minimum Gasteiger partial charge on any atom is -0.378 e. The summed E-state index contributed by atoms with van der Waals surface area (Å²) >= 11 is 0. The van der Waals surface area contributed by atoms with Gasteiger partial charge in [0.15, 0.2) is 0 Å². The number of hydrogen-bond acceptors (Lipinski definition) is 4. The second-order valence-corrected chi connectivity index (χ2v) is 6.72. The molecule has 1 aliphatic heterocycles. The van der Waals surface area contributed by atoms with Crippen molar-refractivity contribution in [3.8, 4) is 17.3 Å². The van der Waals surface area contributed by atoms with Crippen molar-refractivity contribution in [1.29, 1.82) is 5.26 Å². The molecule has 2 heterocycles. The fourth-order valence-electron chi connectivity index (χ4n) is 3.35. The second kappa shape index (κ2) is 8.75. The molecule has 25 heavy (non-hydrogen) atoms. The van der Waals surface area contributed by atoms with Gasteiger partial charge in [0.2, 0.25) is 0 Å². The number of benzene rings is 1. The van der Waals surface area contributed by atoms with Crippen LogP contribution in [0.4, 0.5) is 0 Å². The molecule has 4 heteroatoms. The Morgan fingerprint density at radius 3 is 2.84 bits per heavy atom. The molecule has 0 spiro atoms. The van der Waals surface area contributed by atoms with Gasteiger partial charge in [-0.2, -0.15) is 5.26 Å². The SMILES string of the molecule is CN(CCCC1CCCO1)Cc1ccc(-c2ncccc2C#N)cc1. The van der Waals surface area contributed by atoms with Gasteiger partial charge in [-0.15, -0.1) is 0 Å². The number of hydrogen-bond donors (Lipinski definition) is 0. The van der Waals surface area contributed by atoms with Crippen LogP contribution in [0.15, 0.2) is 42.6 Å². The van der Waals surface area contributed by atoms with E-state index < -0.39 is 0 Å². The molecule has 1 fully saturated rings. The van der Waals surface area contributed by atoms with Crippen LogP contribution in [-0.4, -0.2) is 36.2 Å². The number of pyridine rings is 1. The Morgan fingerprint density at radius 2 is 2.12 bits per heavy atom. The monoisotopic (exact) mass is 335 g/mol. The van der Waals surface area contributed by atoms with E-state index >= 15 is 0 Å². The Balaban J connectivity index is 1.52. The van der Waals surface area contributed by atoms with E-state index in [2.05, 4.69) is 47.3 Å². The topological polar surface area (TPSA) is 49.1 Å². The first kappa shape index (κ1) is 17.6. The largest absolute Gasteiger partial charge is 0.378 e. The minimum absolute atomic E-state index is 0.486. The summed E-state index contributed by atoms with van der Waals surface area (Å²) in [5, 5.41) is 9.21. The lowest BCUT2D eigenvalue weighted by Gasteiger charge is -2.18. The number of nitrogens with zero attached hydrogens (tertiary/aromatic N) is 3. The molecule has 2 aromatic rings. The molecule has 130 valence electrons. The van der Waals surface area contributed by atoms with Crippen molar-refractivity contribution in [3.05, 3.63) is 53.7 Å². The van der Waals surface area contributed by atoms with Gasteiger partial charge < -0.3 is 9.64 Å². The number of ether oxygens (including phenoxy) is 1. The average Bonchev–Trinajstić information content (AvgIpc) is 3.16. The maximum atomic E-state index is 9.21. The standard InChI is InChI=1S/C21H25N3O/c1-24(13-3-6-20-7-4-14-25-20)16-17-8-10-18(11-9-17)21-19(15-22)5-2-12-23-21/h2,5,8-12,20H,3-4,6-7,13-14,16H2,1H3. The molecule has 4 nitrogen and oxygen atoms in total. The van der Waals surface area contributed by atoms with Crippen LogP contribution in [0.25, 0.3) is 11.3 Å². The zero-order valence-corrected chi connectivity index (χ0v) is 14.8. The molecule has 1 saturated heterocycles.